The maximum atomic E-state index is 13.9. The van der Waals surface area contributed by atoms with Crippen LogP contribution in [0.4, 0.5) is 41.4 Å². The Balaban J connectivity index is 0.894. The molecule has 2 N–H and O–H groups in total. The van der Waals surface area contributed by atoms with E-state index in [1.807, 2.05) is 6.07 Å². The number of aromatic nitrogens is 2. The molecule has 7 rings (SSSR count). The third-order valence-electron chi connectivity index (χ3n) is 12.2. The van der Waals surface area contributed by atoms with Crippen molar-refractivity contribution in [3.63, 3.8) is 0 Å². The van der Waals surface area contributed by atoms with E-state index in [4.69, 9.17) is 22.2 Å². The van der Waals surface area contributed by atoms with Crippen molar-refractivity contribution in [3.8, 4) is 6.07 Å². The molecule has 5 amide bonds. The van der Waals surface area contributed by atoms with E-state index in [1.54, 1.807) is 42.6 Å². The van der Waals surface area contributed by atoms with Gasteiger partial charge in [0.25, 0.3) is 5.91 Å². The van der Waals surface area contributed by atoms with Crippen LogP contribution in [0, 0.1) is 11.3 Å². The summed E-state index contributed by atoms with van der Waals surface area (Å²) in [5.74, 6) is -0.800. The molecule has 0 unspecified atom stereocenters. The summed E-state index contributed by atoms with van der Waals surface area (Å²) in [6.45, 7) is 10.3. The summed E-state index contributed by atoms with van der Waals surface area (Å²) in [5, 5.41) is 19.6. The number of benzene rings is 2. The second kappa shape index (κ2) is 15.7. The van der Waals surface area contributed by atoms with Crippen LogP contribution in [0.25, 0.3) is 10.9 Å². The van der Waals surface area contributed by atoms with E-state index < -0.39 is 43.8 Å². The van der Waals surface area contributed by atoms with Crippen molar-refractivity contribution in [3.05, 3.63) is 42.0 Å². The molecule has 1 aromatic heterocycles. The Morgan fingerprint density at radius 1 is 1.05 bits per heavy atom. The van der Waals surface area contributed by atoms with Crippen LogP contribution in [0.15, 0.2) is 41.3 Å². The molecule has 2 aromatic carbocycles. The topological polar surface area (TPSA) is 159 Å². The number of para-hydroxylation sites is 1. The predicted octanol–water partition coefficient (Wildman–Crippen LogP) is 6.62. The monoisotopic (exact) mass is 908 g/mol. The zero-order valence-electron chi connectivity index (χ0n) is 34.9. The predicted molar refractivity (Wildman–Crippen MR) is 227 cm³/mol. The number of carbonyl (C=O) groups is 4. The van der Waals surface area contributed by atoms with Gasteiger partial charge >= 0.3 is 16.3 Å². The quantitative estimate of drug-likeness (QED) is 0.157. The molecular weight excluding hydrogens is 860 g/mol. The first kappa shape index (κ1) is 45.1. The Labute approximate surface area is 360 Å². The Kier molecular flexibility index (Phi) is 11.4. The number of urea groups is 1. The third-order valence-corrected chi connectivity index (χ3v) is 13.7. The lowest BCUT2D eigenvalue weighted by Crippen LogP contribution is -2.58. The molecule has 15 nitrogen and oxygen atoms in total. The van der Waals surface area contributed by atoms with Crippen molar-refractivity contribution in [1.82, 2.24) is 29.8 Å². The molecule has 22 heteroatoms. The highest BCUT2D eigenvalue weighted by atomic mass is 32.5. The molecule has 3 aliphatic heterocycles. The van der Waals surface area contributed by atoms with E-state index in [1.165, 1.54) is 11.0 Å². The molecule has 1 saturated carbocycles. The van der Waals surface area contributed by atoms with Gasteiger partial charge in [0.2, 0.25) is 11.8 Å². The molecule has 3 saturated heterocycles. The Morgan fingerprint density at radius 3 is 2.35 bits per heavy atom. The summed E-state index contributed by atoms with van der Waals surface area (Å²) >= 11 is 5.63. The molecule has 0 radical (unpaired) electrons. The van der Waals surface area contributed by atoms with Crippen molar-refractivity contribution in [2.75, 3.05) is 54.4 Å². The minimum Gasteiger partial charge on any atom is -0.377 e. The van der Waals surface area contributed by atoms with Gasteiger partial charge in [-0.2, -0.15) is 10.4 Å². The van der Waals surface area contributed by atoms with Crippen LogP contribution in [-0.4, -0.2) is 122 Å². The second-order valence-electron chi connectivity index (χ2n) is 17.0. The Morgan fingerprint density at radius 2 is 1.73 bits per heavy atom. The van der Waals surface area contributed by atoms with Gasteiger partial charge in [0, 0.05) is 63.2 Å². The van der Waals surface area contributed by atoms with Gasteiger partial charge in [-0.1, -0.05) is 25.5 Å². The molecule has 0 bridgehead atoms. The van der Waals surface area contributed by atoms with Crippen LogP contribution in [0.5, 0.6) is 0 Å². The summed E-state index contributed by atoms with van der Waals surface area (Å²) in [5.41, 5.74) is -1.80. The molecule has 4 fully saturated rings. The zero-order chi connectivity index (χ0) is 45.2. The molecule has 4 aliphatic rings. The number of nitrogens with zero attached hydrogens (tertiary/aromatic N) is 8. The molecule has 62 heavy (non-hydrogen) atoms. The summed E-state index contributed by atoms with van der Waals surface area (Å²) in [4.78, 5) is 57.4. The van der Waals surface area contributed by atoms with Crippen LogP contribution >= 0.6 is 22.4 Å². The number of hydrogen-bond acceptors (Lipinski definition) is 10. The average molecular weight is 909 g/mol. The van der Waals surface area contributed by atoms with Gasteiger partial charge in [-0.15, -0.1) is 0 Å². The number of thiocarbonyl (C=S) groups is 1. The first-order valence-electron chi connectivity index (χ1n) is 20.3. The molecule has 336 valence electrons. The number of anilines is 3. The van der Waals surface area contributed by atoms with Crippen molar-refractivity contribution in [2.24, 2.45) is 7.05 Å². The van der Waals surface area contributed by atoms with E-state index in [2.05, 4.69) is 39.4 Å². The van der Waals surface area contributed by atoms with E-state index in [0.29, 0.717) is 80.4 Å². The van der Waals surface area contributed by atoms with Crippen molar-refractivity contribution < 1.29 is 43.3 Å². The third kappa shape index (κ3) is 8.82. The van der Waals surface area contributed by atoms with Gasteiger partial charge in [0.15, 0.2) is 10.9 Å². The molecular formula is C40H49F5N10O5S2. The number of carbonyl (C=O) groups excluding carboxylic acids is 4. The van der Waals surface area contributed by atoms with Gasteiger partial charge in [-0.05, 0) is 95.9 Å². The maximum absolute atomic E-state index is 13.9. The molecule has 3 aromatic rings. The van der Waals surface area contributed by atoms with E-state index >= 15 is 0 Å². The smallest absolute Gasteiger partial charge is 0.329 e. The number of hydrogen-bond donors (Lipinski definition) is 2. The van der Waals surface area contributed by atoms with Crippen LogP contribution in [0.2, 0.25) is 0 Å². The minimum absolute atomic E-state index is 0.0524. The number of piperazine rings is 1. The zero-order valence-corrected chi connectivity index (χ0v) is 36.5. The first-order valence-corrected chi connectivity index (χ1v) is 22.7. The van der Waals surface area contributed by atoms with Gasteiger partial charge in [0.05, 0.1) is 41.7 Å². The van der Waals surface area contributed by atoms with E-state index in [-0.39, 0.29) is 66.7 Å². The number of halogens is 5. The lowest BCUT2D eigenvalue weighted by Gasteiger charge is -2.44. The maximum Gasteiger partial charge on any atom is 0.329 e. The normalized spacial score (nSPS) is 25.1. The first-order chi connectivity index (χ1) is 28.9. The van der Waals surface area contributed by atoms with Gasteiger partial charge in [0.1, 0.15) is 16.5 Å². The summed E-state index contributed by atoms with van der Waals surface area (Å²) in [6, 6.07) is 7.66. The van der Waals surface area contributed by atoms with Gasteiger partial charge in [-0.25, -0.2) is 4.79 Å². The largest absolute Gasteiger partial charge is 0.377 e. The molecule has 0 spiro atoms. The molecule has 1 aliphatic carbocycles. The molecule has 2 atom stereocenters. The van der Waals surface area contributed by atoms with Crippen LogP contribution in [0.3, 0.4) is 0 Å². The Bertz CT molecular complexity index is 2370. The Hall–Kier alpha value is -4.95. The summed E-state index contributed by atoms with van der Waals surface area (Å²) in [6.07, 6.45) is 2.50. The fourth-order valence-corrected chi connectivity index (χ4v) is 10.7. The fraction of sp³-hybridized carbons (Fsp3) is 0.525. The number of aryl methyl sites for hydroxylation is 1. The summed E-state index contributed by atoms with van der Waals surface area (Å²) in [7, 11) is -8.55. The average Bonchev–Trinajstić information content (AvgIpc) is 3.60. The van der Waals surface area contributed by atoms with Crippen molar-refractivity contribution >= 4 is 79.4 Å². The van der Waals surface area contributed by atoms with Gasteiger partial charge < -0.3 is 15.0 Å². The van der Waals surface area contributed by atoms with Crippen LogP contribution in [-0.2, 0) is 26.2 Å². The lowest BCUT2D eigenvalue weighted by atomic mass is 9.89. The highest BCUT2D eigenvalue weighted by molar-refractivity contribution is 8.45. The summed E-state index contributed by atoms with van der Waals surface area (Å²) < 4.78 is 77.5. The van der Waals surface area contributed by atoms with Crippen molar-refractivity contribution in [2.45, 2.75) is 94.5 Å². The number of amides is 5. The second-order valence-corrected chi connectivity index (χ2v) is 19.7. The fourth-order valence-electron chi connectivity index (χ4n) is 9.23. The van der Waals surface area contributed by atoms with Crippen molar-refractivity contribution in [1.29, 1.82) is 5.26 Å². The van der Waals surface area contributed by atoms with E-state index in [0.717, 1.165) is 11.0 Å². The van der Waals surface area contributed by atoms with Crippen LogP contribution < -0.4 is 20.4 Å². The number of imide groups is 1. The number of fused-ring (bicyclic) bond motifs is 1. The highest BCUT2D eigenvalue weighted by Gasteiger charge is 2.67. The SMILES string of the molecule is C[C@@H]1CN(CCOC2CCC(N3C(=S)N(c4ccc(C#N)c(S(F)(F)(F)(F)F)c4)C(=O)C3(C)C)CC2)C[C@H](C)N1CC(=O)Nc1cccc2c(N3CCC(=O)NC3=O)nn(C)c12. The minimum atomic E-state index is -10.3. The molecule has 4 heterocycles. The number of ether oxygens (including phenoxy) is 1. The standard InChI is InChI=1S/C40H49F5N10O5S2/c1-24-21-51(22-25(2)53(24)23-34(57)47-31-8-6-7-30-35(31)50(5)49-36(30)52-16-15-33(56)48-38(52)59)17-18-60-29-13-11-27(12-14-29)55-39(61)54(37(58)40(55,3)4)28-10-9-26(20-46)32(19-28)62(41,42,43,44)45/h6-10,19,24-25,27,29H,11-18,21-23H2,1-5H3,(H,47,57)(H,48,56,59)/t24-,25+,27?,29?. The van der Waals surface area contributed by atoms with E-state index in [9.17, 15) is 38.6 Å². The highest BCUT2D eigenvalue weighted by Crippen LogP contribution is 3.02. The van der Waals surface area contributed by atoms with Gasteiger partial charge in [-0.3, -0.25) is 44.0 Å². The number of nitriles is 1. The number of rotatable bonds is 11. The lowest BCUT2D eigenvalue weighted by molar-refractivity contribution is -0.124. The van der Waals surface area contributed by atoms with Crippen LogP contribution in [0.1, 0.15) is 65.4 Å². The number of nitrogens with one attached hydrogen (secondary N) is 2.